The van der Waals surface area contributed by atoms with E-state index in [-0.39, 0.29) is 17.2 Å². The van der Waals surface area contributed by atoms with Crippen LogP contribution in [0.3, 0.4) is 0 Å². The van der Waals surface area contributed by atoms with Crippen LogP contribution < -0.4 is 4.72 Å². The average Bonchev–Trinajstić information content (AvgIpc) is 2.82. The second-order valence-electron chi connectivity index (χ2n) is 3.02. The van der Waals surface area contributed by atoms with Gasteiger partial charge in [-0.25, -0.2) is 17.8 Å². The highest BCUT2D eigenvalue weighted by Crippen LogP contribution is 2.18. The van der Waals surface area contributed by atoms with Gasteiger partial charge in [-0.1, -0.05) is 12.1 Å². The predicted octanol–water partition coefficient (Wildman–Crippen LogP) is 1.78. The molecule has 0 fully saturated rings. The van der Waals surface area contributed by atoms with E-state index in [0.29, 0.717) is 0 Å². The topological polar surface area (TPSA) is 96.4 Å². The van der Waals surface area contributed by atoms with E-state index in [4.69, 9.17) is 9.90 Å². The molecule has 102 valence electrons. The molecule has 9 heteroatoms. The van der Waals surface area contributed by atoms with Crippen molar-refractivity contribution in [2.75, 3.05) is 4.72 Å². The zero-order valence-electron chi connectivity index (χ0n) is 9.36. The van der Waals surface area contributed by atoms with E-state index in [1.54, 1.807) is 0 Å². The minimum absolute atomic E-state index is 0.188. The zero-order valence-corrected chi connectivity index (χ0v) is 11.0. The summed E-state index contributed by atoms with van der Waals surface area (Å²) in [6, 6.07) is 5.18. The predicted molar refractivity (Wildman–Crippen MR) is 68.0 cm³/mol. The molecule has 0 amide bonds. The highest BCUT2D eigenvalue weighted by atomic mass is 32.2. The van der Waals surface area contributed by atoms with Gasteiger partial charge < -0.3 is 5.11 Å². The van der Waals surface area contributed by atoms with Crippen molar-refractivity contribution in [2.45, 2.75) is 4.90 Å². The standard InChI is InChI=1S/C9H7FN2O2S2.CH2O2/c10-7-3-1-2-4-8(7)16(13,14)12-9-5-15-6-11-9;2-1-3/h1-6,12H;1H,(H,2,3). The molecule has 2 N–H and O–H groups in total. The molecule has 0 saturated carbocycles. The lowest BCUT2D eigenvalue weighted by Gasteiger charge is -2.05. The molecule has 0 spiro atoms. The number of carbonyl (C=O) groups is 1. The van der Waals surface area contributed by atoms with Crippen LogP contribution in [0.15, 0.2) is 40.1 Å². The monoisotopic (exact) mass is 304 g/mol. The molecule has 19 heavy (non-hydrogen) atoms. The Balaban J connectivity index is 0.000000550. The third-order valence-corrected chi connectivity index (χ3v) is 3.77. The third-order valence-electron chi connectivity index (χ3n) is 1.80. The summed E-state index contributed by atoms with van der Waals surface area (Å²) in [6.07, 6.45) is 0. The van der Waals surface area contributed by atoms with Crippen LogP contribution in [0.4, 0.5) is 10.2 Å². The van der Waals surface area contributed by atoms with Crippen molar-refractivity contribution in [3.63, 3.8) is 0 Å². The smallest absolute Gasteiger partial charge is 0.290 e. The van der Waals surface area contributed by atoms with Gasteiger partial charge in [-0.15, -0.1) is 11.3 Å². The van der Waals surface area contributed by atoms with E-state index in [1.165, 1.54) is 40.4 Å². The average molecular weight is 304 g/mol. The Morgan fingerprint density at radius 1 is 1.37 bits per heavy atom. The van der Waals surface area contributed by atoms with Crippen LogP contribution in [0.2, 0.25) is 0 Å². The Labute approximate surface area is 112 Å². The van der Waals surface area contributed by atoms with Crippen LogP contribution in [0.25, 0.3) is 0 Å². The SMILES string of the molecule is O=CO.O=S(=O)(Nc1cscn1)c1ccccc1F. The number of nitrogens with zero attached hydrogens (tertiary/aromatic N) is 1. The zero-order chi connectivity index (χ0) is 14.3. The Bertz CT molecular complexity index is 629. The number of halogens is 1. The van der Waals surface area contributed by atoms with Gasteiger partial charge in [0.15, 0.2) is 5.82 Å². The maximum absolute atomic E-state index is 13.3. The van der Waals surface area contributed by atoms with Crippen molar-refractivity contribution < 1.29 is 22.7 Å². The van der Waals surface area contributed by atoms with Crippen molar-refractivity contribution in [1.82, 2.24) is 4.98 Å². The number of sulfonamides is 1. The second kappa shape index (κ2) is 6.81. The molecule has 0 saturated heterocycles. The molecule has 0 radical (unpaired) electrons. The molecule has 1 heterocycles. The van der Waals surface area contributed by atoms with Crippen molar-refractivity contribution in [3.8, 4) is 0 Å². The number of benzene rings is 1. The number of aromatic nitrogens is 1. The molecule has 0 bridgehead atoms. The van der Waals surface area contributed by atoms with Gasteiger partial charge in [-0.2, -0.15) is 0 Å². The van der Waals surface area contributed by atoms with Crippen molar-refractivity contribution in [2.24, 2.45) is 0 Å². The normalized spacial score (nSPS) is 10.2. The Morgan fingerprint density at radius 2 is 2.00 bits per heavy atom. The van der Waals surface area contributed by atoms with Crippen LogP contribution >= 0.6 is 11.3 Å². The first-order chi connectivity index (χ1) is 9.01. The minimum Gasteiger partial charge on any atom is -0.483 e. The molecule has 0 aliphatic rings. The molecule has 1 aromatic heterocycles. The lowest BCUT2D eigenvalue weighted by atomic mass is 10.4. The van der Waals surface area contributed by atoms with Gasteiger partial charge in [0.1, 0.15) is 10.7 Å². The minimum atomic E-state index is -3.89. The molecule has 2 rings (SSSR count). The van der Waals surface area contributed by atoms with E-state index in [0.717, 1.165) is 6.07 Å². The van der Waals surface area contributed by atoms with Crippen LogP contribution in [-0.2, 0) is 14.8 Å². The van der Waals surface area contributed by atoms with Gasteiger partial charge in [0.2, 0.25) is 0 Å². The molecular weight excluding hydrogens is 295 g/mol. The summed E-state index contributed by atoms with van der Waals surface area (Å²) in [5.41, 5.74) is 1.49. The number of hydrogen-bond donors (Lipinski definition) is 2. The molecule has 0 aliphatic carbocycles. The summed E-state index contributed by atoms with van der Waals surface area (Å²) in [7, 11) is -3.89. The maximum atomic E-state index is 13.3. The molecule has 2 aromatic rings. The number of carboxylic acid groups (broad SMARTS) is 1. The number of hydrogen-bond acceptors (Lipinski definition) is 5. The Hall–Kier alpha value is -2.00. The first kappa shape index (κ1) is 15.1. The van der Waals surface area contributed by atoms with Crippen molar-refractivity contribution >= 4 is 33.7 Å². The number of nitrogens with one attached hydrogen (secondary N) is 1. The molecule has 0 unspecified atom stereocenters. The summed E-state index contributed by atoms with van der Waals surface area (Å²) < 4.78 is 38.9. The van der Waals surface area contributed by atoms with Gasteiger partial charge in [-0.3, -0.25) is 9.52 Å². The fourth-order valence-electron chi connectivity index (χ4n) is 1.12. The van der Waals surface area contributed by atoms with E-state index in [2.05, 4.69) is 9.71 Å². The van der Waals surface area contributed by atoms with Gasteiger partial charge in [-0.05, 0) is 12.1 Å². The van der Waals surface area contributed by atoms with E-state index in [9.17, 15) is 12.8 Å². The lowest BCUT2D eigenvalue weighted by molar-refractivity contribution is -0.122. The lowest BCUT2D eigenvalue weighted by Crippen LogP contribution is -2.14. The van der Waals surface area contributed by atoms with Gasteiger partial charge in [0.25, 0.3) is 16.5 Å². The van der Waals surface area contributed by atoms with Crippen LogP contribution in [0.5, 0.6) is 0 Å². The fourth-order valence-corrected chi connectivity index (χ4v) is 2.76. The first-order valence-corrected chi connectivity index (χ1v) is 7.17. The molecule has 0 atom stereocenters. The summed E-state index contributed by atoms with van der Waals surface area (Å²) in [5, 5.41) is 8.42. The van der Waals surface area contributed by atoms with Gasteiger partial charge in [0, 0.05) is 5.38 Å². The van der Waals surface area contributed by atoms with Crippen molar-refractivity contribution in [3.05, 3.63) is 41.0 Å². The molecule has 6 nitrogen and oxygen atoms in total. The highest BCUT2D eigenvalue weighted by molar-refractivity contribution is 7.92. The second-order valence-corrected chi connectivity index (χ2v) is 5.38. The van der Waals surface area contributed by atoms with Crippen LogP contribution in [0, 0.1) is 5.82 Å². The van der Waals surface area contributed by atoms with E-state index < -0.39 is 15.8 Å². The van der Waals surface area contributed by atoms with Crippen molar-refractivity contribution in [1.29, 1.82) is 0 Å². The molecule has 1 aromatic carbocycles. The molecule has 0 aliphatic heterocycles. The van der Waals surface area contributed by atoms with Gasteiger partial charge >= 0.3 is 0 Å². The largest absolute Gasteiger partial charge is 0.483 e. The summed E-state index contributed by atoms with van der Waals surface area (Å²) in [4.78, 5) is 11.7. The van der Waals surface area contributed by atoms with Gasteiger partial charge in [0.05, 0.1) is 5.51 Å². The number of thiazole rings is 1. The van der Waals surface area contributed by atoms with Crippen LogP contribution in [-0.4, -0.2) is 25.0 Å². The number of rotatable bonds is 3. The van der Waals surface area contributed by atoms with E-state index in [1.807, 2.05) is 0 Å². The quantitative estimate of drug-likeness (QED) is 0.843. The summed E-state index contributed by atoms with van der Waals surface area (Å²) >= 11 is 1.25. The highest BCUT2D eigenvalue weighted by Gasteiger charge is 2.18. The Morgan fingerprint density at radius 3 is 2.53 bits per heavy atom. The van der Waals surface area contributed by atoms with Crippen LogP contribution in [0.1, 0.15) is 0 Å². The summed E-state index contributed by atoms with van der Waals surface area (Å²) in [5.74, 6) is -0.599. The Kier molecular flexibility index (Phi) is 5.39. The maximum Gasteiger partial charge on any atom is 0.290 e. The first-order valence-electron chi connectivity index (χ1n) is 4.74. The fraction of sp³-hybridized carbons (Fsp3) is 0. The summed E-state index contributed by atoms with van der Waals surface area (Å²) in [6.45, 7) is -0.250. The third kappa shape index (κ3) is 4.30. The molecular formula is C10H9FN2O4S2. The number of anilines is 1. The van der Waals surface area contributed by atoms with E-state index >= 15 is 0 Å².